The van der Waals surface area contributed by atoms with Gasteiger partial charge in [0.05, 0.1) is 5.56 Å². The van der Waals surface area contributed by atoms with Crippen LogP contribution in [-0.4, -0.2) is 16.1 Å². The van der Waals surface area contributed by atoms with Crippen molar-refractivity contribution in [1.82, 2.24) is 4.98 Å². The molecule has 1 aromatic carbocycles. The van der Waals surface area contributed by atoms with Crippen LogP contribution >= 0.6 is 0 Å². The molecule has 0 saturated carbocycles. The summed E-state index contributed by atoms with van der Waals surface area (Å²) in [6.07, 6.45) is 2.17. The lowest BCUT2D eigenvalue weighted by molar-refractivity contribution is 0.0696. The van der Waals surface area contributed by atoms with Crippen LogP contribution in [-0.2, 0) is 6.42 Å². The van der Waals surface area contributed by atoms with Crippen LogP contribution in [0, 0.1) is 6.92 Å². The SMILES string of the molecule is CCc1ccccc1Oc1ncc(C(=O)O)cc1C. The summed E-state index contributed by atoms with van der Waals surface area (Å²) in [6.45, 7) is 3.83. The summed E-state index contributed by atoms with van der Waals surface area (Å²) < 4.78 is 5.76. The third kappa shape index (κ3) is 2.91. The molecule has 98 valence electrons. The van der Waals surface area contributed by atoms with Crippen LogP contribution in [0.1, 0.15) is 28.4 Å². The molecule has 0 unspecified atom stereocenters. The molecule has 1 heterocycles. The highest BCUT2D eigenvalue weighted by Crippen LogP contribution is 2.26. The molecular formula is C15H15NO3. The number of nitrogens with zero attached hydrogens (tertiary/aromatic N) is 1. The third-order valence-corrected chi connectivity index (χ3v) is 2.84. The van der Waals surface area contributed by atoms with Crippen molar-refractivity contribution >= 4 is 5.97 Å². The van der Waals surface area contributed by atoms with E-state index in [0.717, 1.165) is 17.7 Å². The third-order valence-electron chi connectivity index (χ3n) is 2.84. The lowest BCUT2D eigenvalue weighted by atomic mass is 10.1. The highest BCUT2D eigenvalue weighted by Gasteiger charge is 2.10. The van der Waals surface area contributed by atoms with Gasteiger partial charge in [0.1, 0.15) is 5.75 Å². The van der Waals surface area contributed by atoms with Gasteiger partial charge in [-0.15, -0.1) is 0 Å². The molecule has 19 heavy (non-hydrogen) atoms. The Labute approximate surface area is 111 Å². The van der Waals surface area contributed by atoms with Crippen molar-refractivity contribution in [2.45, 2.75) is 20.3 Å². The zero-order chi connectivity index (χ0) is 13.8. The predicted molar refractivity (Wildman–Crippen MR) is 71.8 cm³/mol. The van der Waals surface area contributed by atoms with E-state index >= 15 is 0 Å². The Bertz CT molecular complexity index is 608. The zero-order valence-electron chi connectivity index (χ0n) is 10.9. The zero-order valence-corrected chi connectivity index (χ0v) is 10.9. The van der Waals surface area contributed by atoms with Gasteiger partial charge in [-0.25, -0.2) is 9.78 Å². The molecule has 0 spiro atoms. The molecule has 4 heteroatoms. The highest BCUT2D eigenvalue weighted by atomic mass is 16.5. The molecule has 0 radical (unpaired) electrons. The van der Waals surface area contributed by atoms with Crippen molar-refractivity contribution in [3.63, 3.8) is 0 Å². The molecule has 2 rings (SSSR count). The van der Waals surface area contributed by atoms with Crippen molar-refractivity contribution in [1.29, 1.82) is 0 Å². The van der Waals surface area contributed by atoms with Gasteiger partial charge in [-0.3, -0.25) is 0 Å². The van der Waals surface area contributed by atoms with Crippen LogP contribution in [0.4, 0.5) is 0 Å². The normalized spacial score (nSPS) is 10.2. The number of aromatic nitrogens is 1. The number of carbonyl (C=O) groups is 1. The largest absolute Gasteiger partial charge is 0.478 e. The van der Waals surface area contributed by atoms with Crippen LogP contribution in [0.2, 0.25) is 0 Å². The van der Waals surface area contributed by atoms with Crippen molar-refractivity contribution in [2.75, 3.05) is 0 Å². The standard InChI is InChI=1S/C15H15NO3/c1-3-11-6-4-5-7-13(11)19-14-10(2)8-12(9-16-14)15(17)18/h4-9H,3H2,1-2H3,(H,17,18). The average molecular weight is 257 g/mol. The van der Waals surface area contributed by atoms with E-state index in [1.54, 1.807) is 13.0 Å². The molecule has 0 saturated heterocycles. The van der Waals surface area contributed by atoms with Crippen molar-refractivity contribution < 1.29 is 14.6 Å². The number of ether oxygens (including phenoxy) is 1. The summed E-state index contributed by atoms with van der Waals surface area (Å²) in [5, 5.41) is 8.89. The van der Waals surface area contributed by atoms with Gasteiger partial charge in [-0.1, -0.05) is 25.1 Å². The van der Waals surface area contributed by atoms with Crippen LogP contribution in [0.5, 0.6) is 11.6 Å². The molecule has 0 atom stereocenters. The maximum atomic E-state index is 10.8. The molecule has 0 aliphatic heterocycles. The molecule has 0 amide bonds. The minimum absolute atomic E-state index is 0.161. The first-order valence-electron chi connectivity index (χ1n) is 6.07. The number of hydrogen-bond donors (Lipinski definition) is 1. The van der Waals surface area contributed by atoms with Gasteiger partial charge in [0, 0.05) is 11.8 Å². The number of rotatable bonds is 4. The molecule has 0 fully saturated rings. The van der Waals surface area contributed by atoms with Crippen LogP contribution in [0.3, 0.4) is 0 Å². The fourth-order valence-electron chi connectivity index (χ4n) is 1.79. The Morgan fingerprint density at radius 2 is 2.11 bits per heavy atom. The Kier molecular flexibility index (Phi) is 3.80. The first-order valence-corrected chi connectivity index (χ1v) is 6.07. The van der Waals surface area contributed by atoms with E-state index in [2.05, 4.69) is 11.9 Å². The number of benzene rings is 1. The number of carboxylic acid groups (broad SMARTS) is 1. The summed E-state index contributed by atoms with van der Waals surface area (Å²) in [5.74, 6) is 0.200. The molecule has 4 nitrogen and oxygen atoms in total. The maximum absolute atomic E-state index is 10.8. The monoisotopic (exact) mass is 257 g/mol. The summed E-state index contributed by atoms with van der Waals surface area (Å²) in [7, 11) is 0. The molecule has 2 aromatic rings. The second-order valence-electron chi connectivity index (χ2n) is 4.21. The summed E-state index contributed by atoms with van der Waals surface area (Å²) in [4.78, 5) is 14.9. The van der Waals surface area contributed by atoms with Gasteiger partial charge in [0.15, 0.2) is 0 Å². The molecular weight excluding hydrogens is 242 g/mol. The van der Waals surface area contributed by atoms with E-state index in [1.807, 2.05) is 24.3 Å². The van der Waals surface area contributed by atoms with E-state index in [-0.39, 0.29) is 5.56 Å². The van der Waals surface area contributed by atoms with E-state index in [9.17, 15) is 4.79 Å². The quantitative estimate of drug-likeness (QED) is 0.911. The summed E-state index contributed by atoms with van der Waals surface area (Å²) >= 11 is 0. The average Bonchev–Trinajstić information content (AvgIpc) is 2.41. The molecule has 0 aliphatic carbocycles. The second kappa shape index (κ2) is 5.52. The fourth-order valence-corrected chi connectivity index (χ4v) is 1.79. The molecule has 1 N–H and O–H groups in total. The Morgan fingerprint density at radius 1 is 1.37 bits per heavy atom. The van der Waals surface area contributed by atoms with Gasteiger partial charge in [0.2, 0.25) is 5.88 Å². The van der Waals surface area contributed by atoms with Gasteiger partial charge in [-0.2, -0.15) is 0 Å². The lowest BCUT2D eigenvalue weighted by Gasteiger charge is -2.11. The number of carboxylic acids is 1. The molecule has 0 aliphatic rings. The molecule has 0 bridgehead atoms. The van der Waals surface area contributed by atoms with Crippen LogP contribution < -0.4 is 4.74 Å². The Hall–Kier alpha value is -2.36. The van der Waals surface area contributed by atoms with Gasteiger partial charge >= 0.3 is 5.97 Å². The topological polar surface area (TPSA) is 59.4 Å². The van der Waals surface area contributed by atoms with E-state index in [4.69, 9.17) is 9.84 Å². The van der Waals surface area contributed by atoms with Gasteiger partial charge in [-0.05, 0) is 31.0 Å². The van der Waals surface area contributed by atoms with Gasteiger partial charge in [0.25, 0.3) is 0 Å². The minimum Gasteiger partial charge on any atom is -0.478 e. The Balaban J connectivity index is 2.31. The fraction of sp³-hybridized carbons (Fsp3) is 0.200. The van der Waals surface area contributed by atoms with Crippen LogP contribution in [0.15, 0.2) is 36.5 Å². The van der Waals surface area contributed by atoms with Crippen molar-refractivity contribution in [3.05, 3.63) is 53.2 Å². The number of para-hydroxylation sites is 1. The first-order chi connectivity index (χ1) is 9.11. The first kappa shape index (κ1) is 13.1. The summed E-state index contributed by atoms with van der Waals surface area (Å²) in [6, 6.07) is 9.29. The van der Waals surface area contributed by atoms with E-state index in [0.29, 0.717) is 11.4 Å². The molecule has 1 aromatic heterocycles. The summed E-state index contributed by atoms with van der Waals surface area (Å²) in [5.41, 5.74) is 1.95. The Morgan fingerprint density at radius 3 is 2.74 bits per heavy atom. The minimum atomic E-state index is -0.990. The number of aromatic carboxylic acids is 1. The number of hydrogen-bond acceptors (Lipinski definition) is 3. The lowest BCUT2D eigenvalue weighted by Crippen LogP contribution is -2.00. The second-order valence-corrected chi connectivity index (χ2v) is 4.21. The maximum Gasteiger partial charge on any atom is 0.337 e. The van der Waals surface area contributed by atoms with Crippen molar-refractivity contribution in [3.8, 4) is 11.6 Å². The van der Waals surface area contributed by atoms with E-state index < -0.39 is 5.97 Å². The van der Waals surface area contributed by atoms with E-state index in [1.165, 1.54) is 6.20 Å². The number of pyridine rings is 1. The smallest absolute Gasteiger partial charge is 0.337 e. The van der Waals surface area contributed by atoms with Crippen molar-refractivity contribution in [2.24, 2.45) is 0 Å². The highest BCUT2D eigenvalue weighted by molar-refractivity contribution is 5.87. The van der Waals surface area contributed by atoms with Gasteiger partial charge < -0.3 is 9.84 Å². The number of aryl methyl sites for hydroxylation is 2. The predicted octanol–water partition coefficient (Wildman–Crippen LogP) is 3.44. The van der Waals surface area contributed by atoms with Crippen LogP contribution in [0.25, 0.3) is 0 Å².